The molecule has 9 heteroatoms. The van der Waals surface area contributed by atoms with Crippen molar-refractivity contribution in [1.29, 1.82) is 0 Å². The van der Waals surface area contributed by atoms with E-state index in [0.717, 1.165) is 17.2 Å². The smallest absolute Gasteiger partial charge is 0.308 e. The lowest BCUT2D eigenvalue weighted by atomic mass is 10.3. The first-order chi connectivity index (χ1) is 9.97. The minimum atomic E-state index is -3.57. The molecule has 0 radical (unpaired) electrons. The molecule has 114 valence electrons. The summed E-state index contributed by atoms with van der Waals surface area (Å²) in [6.07, 6.45) is 4.48. The number of aryl methyl sites for hydroxylation is 1. The predicted octanol–water partition coefficient (Wildman–Crippen LogP) is 1.01. The van der Waals surface area contributed by atoms with E-state index in [0.29, 0.717) is 24.3 Å². The fourth-order valence-corrected chi connectivity index (χ4v) is 4.18. The SMILES string of the molecule is O=C(O)Cc1ccc(S(=O)(=O)NCCCc2ncc[nH]2)s1. The molecule has 0 aliphatic rings. The number of rotatable bonds is 8. The minimum Gasteiger partial charge on any atom is -0.481 e. The monoisotopic (exact) mass is 329 g/mol. The van der Waals surface area contributed by atoms with E-state index in [1.165, 1.54) is 12.1 Å². The third-order valence-electron chi connectivity index (χ3n) is 2.66. The number of carbonyl (C=O) groups is 1. The quantitative estimate of drug-likeness (QED) is 0.626. The lowest BCUT2D eigenvalue weighted by molar-refractivity contribution is -0.136. The van der Waals surface area contributed by atoms with Crippen LogP contribution in [0.2, 0.25) is 0 Å². The van der Waals surface area contributed by atoms with Crippen LogP contribution in [0.15, 0.2) is 28.7 Å². The zero-order valence-electron chi connectivity index (χ0n) is 11.1. The lowest BCUT2D eigenvalue weighted by Gasteiger charge is -2.03. The number of aromatic nitrogens is 2. The molecule has 2 rings (SSSR count). The number of hydrogen-bond donors (Lipinski definition) is 3. The molecule has 0 spiro atoms. The molecule has 0 saturated carbocycles. The largest absolute Gasteiger partial charge is 0.481 e. The number of aromatic amines is 1. The van der Waals surface area contributed by atoms with Crippen molar-refractivity contribution in [2.24, 2.45) is 0 Å². The van der Waals surface area contributed by atoms with E-state index in [1.807, 2.05) is 0 Å². The summed E-state index contributed by atoms with van der Waals surface area (Å²) in [5.41, 5.74) is 0. The van der Waals surface area contributed by atoms with Crippen molar-refractivity contribution in [2.75, 3.05) is 6.54 Å². The summed E-state index contributed by atoms with van der Waals surface area (Å²) in [4.78, 5) is 18.1. The molecule has 0 aromatic carbocycles. The van der Waals surface area contributed by atoms with Gasteiger partial charge in [-0.05, 0) is 18.6 Å². The number of hydrogen-bond acceptors (Lipinski definition) is 5. The van der Waals surface area contributed by atoms with Crippen LogP contribution in [-0.2, 0) is 27.7 Å². The summed E-state index contributed by atoms with van der Waals surface area (Å²) in [5.74, 6) is -0.165. The van der Waals surface area contributed by atoms with Crippen molar-refractivity contribution in [3.05, 3.63) is 35.2 Å². The van der Waals surface area contributed by atoms with Crippen LogP contribution in [0.3, 0.4) is 0 Å². The van der Waals surface area contributed by atoms with Gasteiger partial charge in [0.15, 0.2) is 0 Å². The maximum atomic E-state index is 12.0. The molecule has 0 fully saturated rings. The fourth-order valence-electron chi connectivity index (χ4n) is 1.71. The van der Waals surface area contributed by atoms with Gasteiger partial charge in [0.2, 0.25) is 10.0 Å². The number of nitrogens with one attached hydrogen (secondary N) is 2. The second-order valence-corrected chi connectivity index (χ2v) is 7.49. The number of H-pyrrole nitrogens is 1. The number of carboxylic acids is 1. The van der Waals surface area contributed by atoms with Crippen molar-refractivity contribution in [1.82, 2.24) is 14.7 Å². The molecule has 0 atom stereocenters. The van der Waals surface area contributed by atoms with Crippen LogP contribution in [0.4, 0.5) is 0 Å². The molecule has 0 unspecified atom stereocenters. The van der Waals surface area contributed by atoms with Crippen LogP contribution < -0.4 is 4.72 Å². The van der Waals surface area contributed by atoms with Crippen LogP contribution >= 0.6 is 11.3 Å². The first-order valence-corrected chi connectivity index (χ1v) is 8.56. The molecule has 2 aromatic rings. The van der Waals surface area contributed by atoms with Gasteiger partial charge in [-0.25, -0.2) is 18.1 Å². The van der Waals surface area contributed by atoms with Crippen molar-refractivity contribution >= 4 is 27.3 Å². The van der Waals surface area contributed by atoms with Gasteiger partial charge in [-0.1, -0.05) is 0 Å². The third-order valence-corrected chi connectivity index (χ3v) is 5.70. The highest BCUT2D eigenvalue weighted by molar-refractivity contribution is 7.91. The predicted molar refractivity (Wildman–Crippen MR) is 77.8 cm³/mol. The van der Waals surface area contributed by atoms with E-state index >= 15 is 0 Å². The Morgan fingerprint density at radius 1 is 1.43 bits per heavy atom. The topological polar surface area (TPSA) is 112 Å². The van der Waals surface area contributed by atoms with Crippen LogP contribution in [0.25, 0.3) is 0 Å². The third kappa shape index (κ3) is 4.66. The van der Waals surface area contributed by atoms with Crippen LogP contribution in [0.1, 0.15) is 17.1 Å². The first-order valence-electron chi connectivity index (χ1n) is 6.26. The second-order valence-electron chi connectivity index (χ2n) is 4.33. The van der Waals surface area contributed by atoms with Crippen LogP contribution in [-0.4, -0.2) is 36.0 Å². The van der Waals surface area contributed by atoms with E-state index in [2.05, 4.69) is 14.7 Å². The molecule has 0 aliphatic carbocycles. The minimum absolute atomic E-state index is 0.136. The fraction of sp³-hybridized carbons (Fsp3) is 0.333. The molecular formula is C12H15N3O4S2. The maximum absolute atomic E-state index is 12.0. The Labute approximate surface area is 126 Å². The average molecular weight is 329 g/mol. The Kier molecular flexibility index (Phi) is 5.10. The Balaban J connectivity index is 1.86. The molecule has 2 aromatic heterocycles. The highest BCUT2D eigenvalue weighted by Crippen LogP contribution is 2.21. The Morgan fingerprint density at radius 3 is 2.90 bits per heavy atom. The van der Waals surface area contributed by atoms with Gasteiger partial charge in [-0.15, -0.1) is 11.3 Å². The van der Waals surface area contributed by atoms with Crippen LogP contribution in [0.5, 0.6) is 0 Å². The summed E-state index contributed by atoms with van der Waals surface area (Å²) in [6.45, 7) is 0.301. The summed E-state index contributed by atoms with van der Waals surface area (Å²) in [5, 5.41) is 8.68. The summed E-state index contributed by atoms with van der Waals surface area (Å²) < 4.78 is 26.7. The van der Waals surface area contributed by atoms with Gasteiger partial charge in [0.25, 0.3) is 0 Å². The van der Waals surface area contributed by atoms with E-state index in [9.17, 15) is 13.2 Å². The van der Waals surface area contributed by atoms with Gasteiger partial charge < -0.3 is 10.1 Å². The van der Waals surface area contributed by atoms with Crippen molar-refractivity contribution in [2.45, 2.75) is 23.5 Å². The maximum Gasteiger partial charge on any atom is 0.308 e. The number of carboxylic acid groups (broad SMARTS) is 1. The standard InChI is InChI=1S/C12H15N3O4S2/c16-11(17)8-9-3-4-12(20-9)21(18,19)15-5-1-2-10-13-6-7-14-10/h3-4,6-7,15H,1-2,5,8H2,(H,13,14)(H,16,17). The normalized spacial score (nSPS) is 11.6. The van der Waals surface area contributed by atoms with Crippen molar-refractivity contribution in [3.63, 3.8) is 0 Å². The Bertz CT molecular complexity index is 692. The number of thiophene rings is 1. The highest BCUT2D eigenvalue weighted by Gasteiger charge is 2.17. The molecule has 3 N–H and O–H groups in total. The zero-order chi connectivity index (χ0) is 15.3. The summed E-state index contributed by atoms with van der Waals surface area (Å²) >= 11 is 0.974. The lowest BCUT2D eigenvalue weighted by Crippen LogP contribution is -2.24. The summed E-state index contributed by atoms with van der Waals surface area (Å²) in [6, 6.07) is 2.95. The molecule has 0 bridgehead atoms. The molecule has 7 nitrogen and oxygen atoms in total. The van der Waals surface area contributed by atoms with Crippen molar-refractivity contribution < 1.29 is 18.3 Å². The number of aliphatic carboxylic acids is 1. The Morgan fingerprint density at radius 2 is 2.24 bits per heavy atom. The van der Waals surface area contributed by atoms with Gasteiger partial charge in [0, 0.05) is 30.2 Å². The average Bonchev–Trinajstić information content (AvgIpc) is 3.05. The van der Waals surface area contributed by atoms with E-state index < -0.39 is 16.0 Å². The van der Waals surface area contributed by atoms with E-state index in [-0.39, 0.29) is 10.6 Å². The van der Waals surface area contributed by atoms with E-state index in [1.54, 1.807) is 12.4 Å². The number of sulfonamides is 1. The molecule has 21 heavy (non-hydrogen) atoms. The zero-order valence-corrected chi connectivity index (χ0v) is 12.7. The first kappa shape index (κ1) is 15.7. The Hall–Kier alpha value is -1.71. The number of imidazole rings is 1. The van der Waals surface area contributed by atoms with Gasteiger partial charge >= 0.3 is 5.97 Å². The number of nitrogens with zero attached hydrogens (tertiary/aromatic N) is 1. The highest BCUT2D eigenvalue weighted by atomic mass is 32.2. The molecule has 0 saturated heterocycles. The van der Waals surface area contributed by atoms with Crippen molar-refractivity contribution in [3.8, 4) is 0 Å². The summed E-state index contributed by atoms with van der Waals surface area (Å²) in [7, 11) is -3.57. The molecule has 2 heterocycles. The van der Waals surface area contributed by atoms with Gasteiger partial charge in [0.1, 0.15) is 10.0 Å². The van der Waals surface area contributed by atoms with E-state index in [4.69, 9.17) is 5.11 Å². The van der Waals surface area contributed by atoms with Gasteiger partial charge in [-0.3, -0.25) is 4.79 Å². The molecule has 0 amide bonds. The second kappa shape index (κ2) is 6.83. The molecular weight excluding hydrogens is 314 g/mol. The molecule has 0 aliphatic heterocycles. The van der Waals surface area contributed by atoms with Gasteiger partial charge in [-0.2, -0.15) is 0 Å². The van der Waals surface area contributed by atoms with Crippen LogP contribution in [0, 0.1) is 0 Å². The van der Waals surface area contributed by atoms with Gasteiger partial charge in [0.05, 0.1) is 6.42 Å².